The van der Waals surface area contributed by atoms with Crippen molar-refractivity contribution in [3.8, 4) is 5.75 Å². The van der Waals surface area contributed by atoms with Gasteiger partial charge in [-0.05, 0) is 56.4 Å². The van der Waals surface area contributed by atoms with E-state index in [0.29, 0.717) is 17.9 Å². The van der Waals surface area contributed by atoms with Crippen LogP contribution >= 0.6 is 15.9 Å². The smallest absolute Gasteiger partial charge is 0.343 e. The number of methoxy groups -OCH3 is 1. The van der Waals surface area contributed by atoms with Crippen molar-refractivity contribution in [1.29, 1.82) is 0 Å². The number of hydrogen-bond acceptors (Lipinski definition) is 5. The highest BCUT2D eigenvalue weighted by Gasteiger charge is 2.16. The Hall–Kier alpha value is -3.65. The molecule has 0 saturated carbocycles. The molecule has 0 saturated heterocycles. The number of halogens is 1. The van der Waals surface area contributed by atoms with Crippen LogP contribution < -0.4 is 10.1 Å². The number of hydrogen-bond donors (Lipinski definition) is 1. The minimum Gasteiger partial charge on any atom is -0.481 e. The van der Waals surface area contributed by atoms with Crippen molar-refractivity contribution in [3.63, 3.8) is 0 Å². The van der Waals surface area contributed by atoms with Crippen molar-refractivity contribution in [1.82, 2.24) is 15.1 Å². The number of amides is 1. The molecule has 1 atom stereocenters. The van der Waals surface area contributed by atoms with Crippen LogP contribution in [0.1, 0.15) is 40.9 Å². The molecular formula is C27H26BrN3O4. The number of fused-ring (bicyclic) bond motifs is 1. The summed E-state index contributed by atoms with van der Waals surface area (Å²) >= 11 is 3.55. The molecule has 0 fully saturated rings. The van der Waals surface area contributed by atoms with Gasteiger partial charge in [0.25, 0.3) is 5.91 Å². The van der Waals surface area contributed by atoms with Crippen molar-refractivity contribution in [2.45, 2.75) is 25.9 Å². The van der Waals surface area contributed by atoms with Gasteiger partial charge in [0.1, 0.15) is 5.75 Å². The van der Waals surface area contributed by atoms with E-state index in [2.05, 4.69) is 50.1 Å². The molecule has 0 bridgehead atoms. The zero-order chi connectivity index (χ0) is 24.8. The predicted octanol–water partition coefficient (Wildman–Crippen LogP) is 5.28. The van der Waals surface area contributed by atoms with E-state index in [1.54, 1.807) is 18.5 Å². The summed E-state index contributed by atoms with van der Waals surface area (Å²) < 4.78 is 12.7. The molecule has 7 nitrogen and oxygen atoms in total. The van der Waals surface area contributed by atoms with Gasteiger partial charge < -0.3 is 14.8 Å². The summed E-state index contributed by atoms with van der Waals surface area (Å²) in [4.78, 5) is 24.1. The predicted molar refractivity (Wildman–Crippen MR) is 137 cm³/mol. The molecule has 8 heteroatoms. The topological polar surface area (TPSA) is 82.5 Å². The lowest BCUT2D eigenvalue weighted by Gasteiger charge is -2.15. The summed E-state index contributed by atoms with van der Waals surface area (Å²) in [6.07, 6.45) is 4.27. The molecule has 0 aliphatic carbocycles. The van der Waals surface area contributed by atoms with Crippen molar-refractivity contribution >= 4 is 38.6 Å². The molecule has 1 aromatic heterocycles. The highest BCUT2D eigenvalue weighted by Crippen LogP contribution is 2.33. The highest BCUT2D eigenvalue weighted by molar-refractivity contribution is 9.10. The Morgan fingerprint density at radius 3 is 2.66 bits per heavy atom. The minimum absolute atomic E-state index is 0.0816. The van der Waals surface area contributed by atoms with Crippen LogP contribution in [-0.2, 0) is 16.1 Å². The number of ether oxygens (including phenoxy) is 2. The summed E-state index contributed by atoms with van der Waals surface area (Å²) in [5.74, 6) is -0.0623. The van der Waals surface area contributed by atoms with E-state index in [0.717, 1.165) is 32.8 Å². The minimum atomic E-state index is -0.445. The molecule has 0 aliphatic rings. The Morgan fingerprint density at radius 2 is 1.91 bits per heavy atom. The largest absolute Gasteiger partial charge is 0.481 e. The van der Waals surface area contributed by atoms with Gasteiger partial charge in [-0.3, -0.25) is 9.48 Å². The van der Waals surface area contributed by atoms with E-state index >= 15 is 0 Å². The number of nitrogens with zero attached hydrogens (tertiary/aromatic N) is 2. The van der Waals surface area contributed by atoms with Gasteiger partial charge in [0, 0.05) is 12.7 Å². The Morgan fingerprint density at radius 1 is 1.11 bits per heavy atom. The maximum atomic E-state index is 12.8. The van der Waals surface area contributed by atoms with Crippen LogP contribution in [0.25, 0.3) is 10.8 Å². The van der Waals surface area contributed by atoms with Crippen LogP contribution in [0.15, 0.2) is 77.5 Å². The second-order valence-electron chi connectivity index (χ2n) is 8.02. The molecule has 0 radical (unpaired) electrons. The molecule has 0 spiro atoms. The third kappa shape index (κ3) is 5.71. The lowest BCUT2D eigenvalue weighted by Crippen LogP contribution is -2.22. The van der Waals surface area contributed by atoms with Gasteiger partial charge in [-0.2, -0.15) is 5.10 Å². The number of carbonyl (C=O) groups excluding carboxylic acids is 2. The Labute approximate surface area is 212 Å². The molecule has 35 heavy (non-hydrogen) atoms. The number of aromatic nitrogens is 2. The lowest BCUT2D eigenvalue weighted by atomic mass is 10.1. The fourth-order valence-corrected chi connectivity index (χ4v) is 4.51. The second-order valence-corrected chi connectivity index (χ2v) is 8.82. The van der Waals surface area contributed by atoms with Crippen LogP contribution in [0, 0.1) is 0 Å². The third-order valence-corrected chi connectivity index (χ3v) is 6.58. The summed E-state index contributed by atoms with van der Waals surface area (Å²) in [6.45, 7) is 2.32. The first kappa shape index (κ1) is 24.5. The number of nitrogens with one attached hydrogen (secondary N) is 1. The van der Waals surface area contributed by atoms with Crippen molar-refractivity contribution in [3.05, 3.63) is 94.2 Å². The Kier molecular flexibility index (Phi) is 7.82. The van der Waals surface area contributed by atoms with Gasteiger partial charge in [0.15, 0.2) is 6.61 Å². The van der Waals surface area contributed by atoms with Gasteiger partial charge in [0.2, 0.25) is 0 Å². The van der Waals surface area contributed by atoms with Gasteiger partial charge in [-0.1, -0.05) is 55.5 Å². The monoisotopic (exact) mass is 535 g/mol. The molecule has 1 unspecified atom stereocenters. The van der Waals surface area contributed by atoms with Gasteiger partial charge >= 0.3 is 5.97 Å². The highest BCUT2D eigenvalue weighted by atomic mass is 79.9. The first-order valence-corrected chi connectivity index (χ1v) is 12.1. The van der Waals surface area contributed by atoms with Gasteiger partial charge in [-0.25, -0.2) is 4.79 Å². The van der Waals surface area contributed by atoms with E-state index in [1.807, 2.05) is 47.1 Å². The summed E-state index contributed by atoms with van der Waals surface area (Å²) in [7, 11) is 1.32. The average Bonchev–Trinajstić information content (AvgIpc) is 3.37. The zero-order valence-electron chi connectivity index (χ0n) is 19.5. The quantitative estimate of drug-likeness (QED) is 0.295. The molecule has 4 rings (SSSR count). The Bertz CT molecular complexity index is 1340. The SMILES string of the molecule is CCC(c1ccccc1)n1cc(C(=O)NCc2ccc3c(Br)c(OCC(=O)OC)ccc3c2)cn1. The lowest BCUT2D eigenvalue weighted by molar-refractivity contribution is -0.142. The fourth-order valence-electron chi connectivity index (χ4n) is 3.90. The summed E-state index contributed by atoms with van der Waals surface area (Å²) in [5, 5.41) is 9.34. The number of benzene rings is 3. The summed E-state index contributed by atoms with van der Waals surface area (Å²) in [6, 6.07) is 19.8. The van der Waals surface area contributed by atoms with Crippen LogP contribution in [0.5, 0.6) is 5.75 Å². The van der Waals surface area contributed by atoms with Crippen LogP contribution in [0.3, 0.4) is 0 Å². The Balaban J connectivity index is 1.42. The van der Waals surface area contributed by atoms with Crippen LogP contribution in [0.4, 0.5) is 0 Å². The van der Waals surface area contributed by atoms with Crippen molar-refractivity contribution in [2.24, 2.45) is 0 Å². The first-order valence-electron chi connectivity index (χ1n) is 11.3. The van der Waals surface area contributed by atoms with Crippen molar-refractivity contribution < 1.29 is 19.1 Å². The number of carbonyl (C=O) groups is 2. The zero-order valence-corrected chi connectivity index (χ0v) is 21.1. The molecule has 4 aromatic rings. The number of esters is 1. The van der Waals surface area contributed by atoms with Crippen LogP contribution in [0.2, 0.25) is 0 Å². The van der Waals surface area contributed by atoms with Gasteiger partial charge in [-0.15, -0.1) is 0 Å². The maximum absolute atomic E-state index is 12.8. The molecule has 1 heterocycles. The third-order valence-electron chi connectivity index (χ3n) is 5.76. The van der Waals surface area contributed by atoms with E-state index in [-0.39, 0.29) is 18.6 Å². The normalized spacial score (nSPS) is 11.7. The fraction of sp³-hybridized carbons (Fsp3) is 0.222. The summed E-state index contributed by atoms with van der Waals surface area (Å²) in [5.41, 5.74) is 2.64. The van der Waals surface area contributed by atoms with E-state index in [9.17, 15) is 9.59 Å². The maximum Gasteiger partial charge on any atom is 0.343 e. The van der Waals surface area contributed by atoms with E-state index in [4.69, 9.17) is 4.74 Å². The molecule has 1 N–H and O–H groups in total. The second kappa shape index (κ2) is 11.2. The average molecular weight is 536 g/mol. The standard InChI is InChI=1S/C27H26BrN3O4/c1-3-23(19-7-5-4-6-8-19)31-16-21(15-30-31)27(33)29-14-18-9-11-22-20(13-18)10-12-24(26(22)28)35-17-25(32)34-2/h4-13,15-16,23H,3,14,17H2,1-2H3,(H,29,33). The molecule has 1 amide bonds. The number of rotatable bonds is 9. The van der Waals surface area contributed by atoms with Crippen molar-refractivity contribution in [2.75, 3.05) is 13.7 Å². The first-order chi connectivity index (χ1) is 17.0. The van der Waals surface area contributed by atoms with Crippen LogP contribution in [-0.4, -0.2) is 35.4 Å². The van der Waals surface area contributed by atoms with E-state index < -0.39 is 5.97 Å². The van der Waals surface area contributed by atoms with E-state index in [1.165, 1.54) is 7.11 Å². The molecular weight excluding hydrogens is 510 g/mol. The molecule has 3 aromatic carbocycles. The molecule has 0 aliphatic heterocycles. The molecule has 180 valence electrons. The van der Waals surface area contributed by atoms with Gasteiger partial charge in [0.05, 0.1) is 29.4 Å².